The van der Waals surface area contributed by atoms with Gasteiger partial charge in [0.15, 0.2) is 0 Å². The molecule has 5 heteroatoms. The smallest absolute Gasteiger partial charge is 0.258 e. The van der Waals surface area contributed by atoms with Gasteiger partial charge in [0.2, 0.25) is 0 Å². The normalized spacial score (nSPS) is 11.0. The van der Waals surface area contributed by atoms with Crippen molar-refractivity contribution in [3.63, 3.8) is 0 Å². The fraction of sp³-hybridized carbons (Fsp3) is 0.125. The topological polar surface area (TPSA) is 79.8 Å². The Morgan fingerprint density at radius 2 is 2.14 bits per heavy atom. The van der Waals surface area contributed by atoms with Crippen LogP contribution >= 0.6 is 0 Å². The molecule has 21 heavy (non-hydrogen) atoms. The predicted molar refractivity (Wildman–Crippen MR) is 80.3 cm³/mol. The number of nitrogens with zero attached hydrogens (tertiary/aromatic N) is 3. The molecule has 0 bridgehead atoms. The molecule has 0 aliphatic heterocycles. The average molecular weight is 279 g/mol. The first-order valence-electron chi connectivity index (χ1n) is 6.31. The Kier molecular flexibility index (Phi) is 4.10. The number of allylic oxidation sites excluding steroid dienone is 1. The Balaban J connectivity index is 2.56. The van der Waals surface area contributed by atoms with E-state index >= 15 is 0 Å². The van der Waals surface area contributed by atoms with Gasteiger partial charge >= 0.3 is 0 Å². The summed E-state index contributed by atoms with van der Waals surface area (Å²) < 4.78 is 0. The minimum Gasteiger partial charge on any atom is -0.258 e. The van der Waals surface area contributed by atoms with Crippen molar-refractivity contribution in [2.75, 3.05) is 0 Å². The van der Waals surface area contributed by atoms with Crippen LogP contribution in [0.5, 0.6) is 0 Å². The molecule has 2 aromatic rings. The number of benzene rings is 1. The van der Waals surface area contributed by atoms with Crippen molar-refractivity contribution in [1.82, 2.24) is 4.98 Å². The van der Waals surface area contributed by atoms with Crippen LogP contribution in [0, 0.1) is 28.4 Å². The minimum absolute atomic E-state index is 0.0367. The van der Waals surface area contributed by atoms with Crippen molar-refractivity contribution in [2.45, 2.75) is 13.8 Å². The highest BCUT2D eigenvalue weighted by Gasteiger charge is 2.14. The van der Waals surface area contributed by atoms with Gasteiger partial charge in [-0.1, -0.05) is 6.07 Å². The van der Waals surface area contributed by atoms with Crippen molar-refractivity contribution in [2.24, 2.45) is 0 Å². The van der Waals surface area contributed by atoms with Crippen LogP contribution < -0.4 is 0 Å². The maximum absolute atomic E-state index is 11.2. The van der Waals surface area contributed by atoms with E-state index in [0.717, 1.165) is 5.56 Å². The first kappa shape index (κ1) is 14.4. The molecule has 5 nitrogen and oxygen atoms in total. The second-order valence-corrected chi connectivity index (χ2v) is 4.69. The van der Waals surface area contributed by atoms with Crippen molar-refractivity contribution in [3.05, 3.63) is 63.3 Å². The van der Waals surface area contributed by atoms with E-state index < -0.39 is 4.92 Å². The van der Waals surface area contributed by atoms with Gasteiger partial charge in [-0.05, 0) is 43.7 Å². The fourth-order valence-electron chi connectivity index (χ4n) is 1.94. The van der Waals surface area contributed by atoms with Crippen LogP contribution in [0.25, 0.3) is 17.3 Å². The Morgan fingerprint density at radius 3 is 2.76 bits per heavy atom. The van der Waals surface area contributed by atoms with Gasteiger partial charge in [0, 0.05) is 23.4 Å². The number of hydrogen-bond acceptors (Lipinski definition) is 4. The summed E-state index contributed by atoms with van der Waals surface area (Å²) >= 11 is 0. The summed E-state index contributed by atoms with van der Waals surface area (Å²) in [4.78, 5) is 15.0. The summed E-state index contributed by atoms with van der Waals surface area (Å²) in [6.07, 6.45) is 3.18. The average Bonchev–Trinajstić information content (AvgIpc) is 2.47. The number of nitro benzene ring substituents is 1. The van der Waals surface area contributed by atoms with Crippen LogP contribution in [0.15, 0.2) is 42.1 Å². The molecular weight excluding hydrogens is 266 g/mol. The van der Waals surface area contributed by atoms with E-state index in [-0.39, 0.29) is 5.69 Å². The lowest BCUT2D eigenvalue weighted by molar-refractivity contribution is -0.385. The van der Waals surface area contributed by atoms with Gasteiger partial charge in [-0.3, -0.25) is 15.1 Å². The zero-order chi connectivity index (χ0) is 15.4. The molecule has 1 heterocycles. The summed E-state index contributed by atoms with van der Waals surface area (Å²) in [5.74, 6) is 0. The SMILES string of the molecule is CC(C#N)=Cc1ccc(-c2cc(C)ccn2)cc1[N+](=O)[O-]. The van der Waals surface area contributed by atoms with Crippen LogP contribution in [-0.4, -0.2) is 9.91 Å². The molecule has 1 aromatic heterocycles. The third kappa shape index (κ3) is 3.31. The first-order valence-corrected chi connectivity index (χ1v) is 6.31. The fourth-order valence-corrected chi connectivity index (χ4v) is 1.94. The van der Waals surface area contributed by atoms with Crippen LogP contribution in [0.1, 0.15) is 18.1 Å². The minimum atomic E-state index is -0.449. The quantitative estimate of drug-likeness (QED) is 0.485. The van der Waals surface area contributed by atoms with Gasteiger partial charge < -0.3 is 0 Å². The zero-order valence-corrected chi connectivity index (χ0v) is 11.7. The lowest BCUT2D eigenvalue weighted by Gasteiger charge is -2.04. The summed E-state index contributed by atoms with van der Waals surface area (Å²) in [5.41, 5.74) is 3.19. The summed E-state index contributed by atoms with van der Waals surface area (Å²) in [6, 6.07) is 10.6. The van der Waals surface area contributed by atoms with E-state index in [1.165, 1.54) is 12.1 Å². The number of pyridine rings is 1. The van der Waals surface area contributed by atoms with Gasteiger partial charge in [-0.25, -0.2) is 0 Å². The van der Waals surface area contributed by atoms with E-state index in [0.29, 0.717) is 22.4 Å². The number of hydrogen-bond donors (Lipinski definition) is 0. The molecule has 104 valence electrons. The van der Waals surface area contributed by atoms with Crippen LogP contribution in [0.2, 0.25) is 0 Å². The number of nitriles is 1. The molecule has 0 aliphatic carbocycles. The largest absolute Gasteiger partial charge is 0.277 e. The molecule has 0 atom stereocenters. The third-order valence-electron chi connectivity index (χ3n) is 2.99. The van der Waals surface area contributed by atoms with E-state index in [1.807, 2.05) is 25.1 Å². The van der Waals surface area contributed by atoms with Crippen LogP contribution in [0.3, 0.4) is 0 Å². The molecular formula is C16H13N3O2. The predicted octanol–water partition coefficient (Wildman–Crippen LogP) is 3.89. The van der Waals surface area contributed by atoms with Crippen molar-refractivity contribution in [3.8, 4) is 17.3 Å². The molecule has 0 fully saturated rings. The van der Waals surface area contributed by atoms with Gasteiger partial charge in [-0.2, -0.15) is 5.26 Å². The number of aromatic nitrogens is 1. The first-order chi connectivity index (χ1) is 10.0. The van der Waals surface area contributed by atoms with E-state index in [9.17, 15) is 10.1 Å². The highest BCUT2D eigenvalue weighted by atomic mass is 16.6. The summed E-state index contributed by atoms with van der Waals surface area (Å²) in [5, 5.41) is 20.0. The van der Waals surface area contributed by atoms with Gasteiger partial charge in [0.1, 0.15) is 0 Å². The molecule has 2 rings (SSSR count). The second kappa shape index (κ2) is 5.97. The summed E-state index contributed by atoms with van der Waals surface area (Å²) in [7, 11) is 0. The lowest BCUT2D eigenvalue weighted by Crippen LogP contribution is -1.94. The number of rotatable bonds is 3. The second-order valence-electron chi connectivity index (χ2n) is 4.69. The molecule has 1 aromatic carbocycles. The maximum atomic E-state index is 11.2. The third-order valence-corrected chi connectivity index (χ3v) is 2.99. The molecule has 0 spiro atoms. The van der Waals surface area contributed by atoms with Crippen LogP contribution in [-0.2, 0) is 0 Å². The van der Waals surface area contributed by atoms with E-state index in [4.69, 9.17) is 5.26 Å². The zero-order valence-electron chi connectivity index (χ0n) is 11.7. The molecule has 0 radical (unpaired) electrons. The number of nitro groups is 1. The Hall–Kier alpha value is -3.00. The molecule has 0 N–H and O–H groups in total. The summed E-state index contributed by atoms with van der Waals surface area (Å²) in [6.45, 7) is 3.55. The van der Waals surface area contributed by atoms with Gasteiger partial charge in [0.05, 0.1) is 22.2 Å². The molecule has 0 unspecified atom stereocenters. The number of aryl methyl sites for hydroxylation is 1. The van der Waals surface area contributed by atoms with Crippen LogP contribution in [0.4, 0.5) is 5.69 Å². The lowest BCUT2D eigenvalue weighted by atomic mass is 10.0. The molecule has 0 saturated carbocycles. The highest BCUT2D eigenvalue weighted by Crippen LogP contribution is 2.28. The monoisotopic (exact) mass is 279 g/mol. The Bertz CT molecular complexity index is 773. The maximum Gasteiger partial charge on any atom is 0.277 e. The Morgan fingerprint density at radius 1 is 1.38 bits per heavy atom. The van der Waals surface area contributed by atoms with E-state index in [2.05, 4.69) is 4.98 Å². The molecule has 0 amide bonds. The van der Waals surface area contributed by atoms with Gasteiger partial charge in [-0.15, -0.1) is 0 Å². The van der Waals surface area contributed by atoms with Crippen molar-refractivity contribution < 1.29 is 4.92 Å². The van der Waals surface area contributed by atoms with E-state index in [1.54, 1.807) is 25.3 Å². The highest BCUT2D eigenvalue weighted by molar-refractivity contribution is 5.71. The molecule has 0 aliphatic rings. The molecule has 0 saturated heterocycles. The standard InChI is InChI=1S/C16H13N3O2/c1-11-5-6-18-15(8-11)13-3-4-14(7-12(2)10-17)16(9-13)19(20)21/h3-9H,1-2H3. The van der Waals surface area contributed by atoms with Crippen molar-refractivity contribution in [1.29, 1.82) is 5.26 Å². The Labute approximate surface area is 122 Å². The van der Waals surface area contributed by atoms with Gasteiger partial charge in [0.25, 0.3) is 5.69 Å². The van der Waals surface area contributed by atoms with Crippen molar-refractivity contribution >= 4 is 11.8 Å².